The Kier molecular flexibility index (Phi) is 4.89. The van der Waals surface area contributed by atoms with Crippen LogP contribution in [0.25, 0.3) is 0 Å². The van der Waals surface area contributed by atoms with Gasteiger partial charge < -0.3 is 15.5 Å². The zero-order chi connectivity index (χ0) is 14.5. The maximum Gasteiger partial charge on any atom is 0.254 e. The van der Waals surface area contributed by atoms with Crippen molar-refractivity contribution in [1.29, 1.82) is 0 Å². The zero-order valence-electron chi connectivity index (χ0n) is 11.9. The van der Waals surface area contributed by atoms with Crippen LogP contribution in [0.5, 0.6) is 0 Å². The largest absolute Gasteiger partial charge is 0.371 e. The first-order valence-corrected chi connectivity index (χ1v) is 6.90. The van der Waals surface area contributed by atoms with E-state index in [1.165, 1.54) is 12.3 Å². The first-order valence-electron chi connectivity index (χ1n) is 6.90. The summed E-state index contributed by atoms with van der Waals surface area (Å²) in [5, 5.41) is 5.45. The van der Waals surface area contributed by atoms with Crippen LogP contribution in [0.1, 0.15) is 23.2 Å². The number of pyridine rings is 1. The number of nitrogens with one attached hydrogen (secondary N) is 2. The van der Waals surface area contributed by atoms with Crippen molar-refractivity contribution in [2.24, 2.45) is 5.92 Å². The monoisotopic (exact) mass is 280 g/mol. The Morgan fingerprint density at radius 3 is 3.10 bits per heavy atom. The van der Waals surface area contributed by atoms with E-state index in [1.807, 2.05) is 0 Å². The SMILES string of the molecule is CNc1nccc(C(=O)NCC2CCCN(C)C2)c1F. The van der Waals surface area contributed by atoms with E-state index in [4.69, 9.17) is 0 Å². The summed E-state index contributed by atoms with van der Waals surface area (Å²) in [6, 6.07) is 1.40. The van der Waals surface area contributed by atoms with Crippen LogP contribution in [-0.2, 0) is 0 Å². The van der Waals surface area contributed by atoms with Crippen molar-refractivity contribution in [3.63, 3.8) is 0 Å². The molecule has 1 fully saturated rings. The van der Waals surface area contributed by atoms with Crippen molar-refractivity contribution in [1.82, 2.24) is 15.2 Å². The van der Waals surface area contributed by atoms with Crippen LogP contribution >= 0.6 is 0 Å². The standard InChI is InChI=1S/C14H21FN4O/c1-16-13-12(15)11(5-6-17-13)14(20)18-8-10-4-3-7-19(2)9-10/h5-6,10H,3-4,7-9H2,1-2H3,(H,16,17)(H,18,20). The van der Waals surface area contributed by atoms with Gasteiger partial charge in [0.2, 0.25) is 0 Å². The van der Waals surface area contributed by atoms with Crippen molar-refractivity contribution in [2.45, 2.75) is 12.8 Å². The number of likely N-dealkylation sites (tertiary alicyclic amines) is 1. The molecular weight excluding hydrogens is 259 g/mol. The molecule has 1 saturated heterocycles. The Hall–Kier alpha value is -1.69. The molecule has 6 heteroatoms. The first-order chi connectivity index (χ1) is 9.61. The quantitative estimate of drug-likeness (QED) is 0.874. The molecule has 2 heterocycles. The Balaban J connectivity index is 1.95. The number of carbonyl (C=O) groups excluding carboxylic acids is 1. The Labute approximate surface area is 118 Å². The number of aromatic nitrogens is 1. The van der Waals surface area contributed by atoms with Gasteiger partial charge >= 0.3 is 0 Å². The predicted molar refractivity (Wildman–Crippen MR) is 76.3 cm³/mol. The number of amides is 1. The van der Waals surface area contributed by atoms with Gasteiger partial charge in [0.15, 0.2) is 11.6 Å². The van der Waals surface area contributed by atoms with Crippen LogP contribution in [0.3, 0.4) is 0 Å². The highest BCUT2D eigenvalue weighted by Crippen LogP contribution is 2.16. The molecule has 1 atom stereocenters. The molecule has 20 heavy (non-hydrogen) atoms. The number of hydrogen-bond donors (Lipinski definition) is 2. The number of hydrogen-bond acceptors (Lipinski definition) is 4. The molecule has 0 radical (unpaired) electrons. The molecule has 0 spiro atoms. The zero-order valence-corrected chi connectivity index (χ0v) is 11.9. The average molecular weight is 280 g/mol. The minimum Gasteiger partial charge on any atom is -0.371 e. The number of piperidine rings is 1. The third-order valence-electron chi connectivity index (χ3n) is 3.64. The van der Waals surface area contributed by atoms with E-state index in [1.54, 1.807) is 7.05 Å². The third-order valence-corrected chi connectivity index (χ3v) is 3.64. The minimum absolute atomic E-state index is 0.0357. The fraction of sp³-hybridized carbons (Fsp3) is 0.571. The lowest BCUT2D eigenvalue weighted by Gasteiger charge is -2.29. The van der Waals surface area contributed by atoms with Crippen LogP contribution in [-0.4, -0.2) is 49.5 Å². The molecule has 1 unspecified atom stereocenters. The average Bonchev–Trinajstić information content (AvgIpc) is 2.45. The van der Waals surface area contributed by atoms with Gasteiger partial charge in [0.05, 0.1) is 5.56 Å². The minimum atomic E-state index is -0.603. The van der Waals surface area contributed by atoms with E-state index in [2.05, 4.69) is 27.6 Å². The van der Waals surface area contributed by atoms with Gasteiger partial charge in [-0.2, -0.15) is 0 Å². The van der Waals surface area contributed by atoms with Crippen LogP contribution in [0.15, 0.2) is 12.3 Å². The summed E-state index contributed by atoms with van der Waals surface area (Å²) >= 11 is 0. The molecule has 1 amide bonds. The van der Waals surface area contributed by atoms with Crippen LogP contribution in [0.2, 0.25) is 0 Å². The molecule has 0 bridgehead atoms. The lowest BCUT2D eigenvalue weighted by atomic mass is 9.98. The van der Waals surface area contributed by atoms with E-state index < -0.39 is 5.82 Å². The van der Waals surface area contributed by atoms with E-state index >= 15 is 0 Å². The smallest absolute Gasteiger partial charge is 0.254 e. The van der Waals surface area contributed by atoms with Crippen molar-refractivity contribution >= 4 is 11.7 Å². The van der Waals surface area contributed by atoms with Gasteiger partial charge in [-0.15, -0.1) is 0 Å². The number of carbonyl (C=O) groups is 1. The van der Waals surface area contributed by atoms with Gasteiger partial charge in [-0.1, -0.05) is 0 Å². The lowest BCUT2D eigenvalue weighted by molar-refractivity contribution is 0.0932. The summed E-state index contributed by atoms with van der Waals surface area (Å²) in [7, 11) is 3.65. The van der Waals surface area contributed by atoms with Gasteiger partial charge in [0, 0.05) is 26.3 Å². The van der Waals surface area contributed by atoms with Gasteiger partial charge in [-0.25, -0.2) is 9.37 Å². The van der Waals surface area contributed by atoms with E-state index in [0.29, 0.717) is 12.5 Å². The van der Waals surface area contributed by atoms with Crippen molar-refractivity contribution in [3.05, 3.63) is 23.6 Å². The summed E-state index contributed by atoms with van der Waals surface area (Å²) in [6.45, 7) is 2.66. The second-order valence-electron chi connectivity index (χ2n) is 5.25. The summed E-state index contributed by atoms with van der Waals surface area (Å²) in [4.78, 5) is 18.1. The number of nitrogens with zero attached hydrogens (tertiary/aromatic N) is 2. The molecule has 2 rings (SSSR count). The predicted octanol–water partition coefficient (Wildman–Crippen LogP) is 1.33. The summed E-state index contributed by atoms with van der Waals surface area (Å²) < 4.78 is 14.0. The molecular formula is C14H21FN4O. The molecule has 1 aromatic heterocycles. The maximum atomic E-state index is 14.0. The normalized spacial score (nSPS) is 19.6. The van der Waals surface area contributed by atoms with Gasteiger partial charge in [-0.05, 0) is 38.4 Å². The highest BCUT2D eigenvalue weighted by molar-refractivity contribution is 5.95. The molecule has 0 aliphatic carbocycles. The first kappa shape index (κ1) is 14.7. The number of rotatable bonds is 4. The topological polar surface area (TPSA) is 57.3 Å². The highest BCUT2D eigenvalue weighted by Gasteiger charge is 2.20. The van der Waals surface area contributed by atoms with E-state index in [9.17, 15) is 9.18 Å². The molecule has 0 aromatic carbocycles. The van der Waals surface area contributed by atoms with Crippen LogP contribution in [0.4, 0.5) is 10.2 Å². The van der Waals surface area contributed by atoms with E-state index in [0.717, 1.165) is 25.9 Å². The van der Waals surface area contributed by atoms with Crippen molar-refractivity contribution in [3.8, 4) is 0 Å². The van der Waals surface area contributed by atoms with Gasteiger partial charge in [0.1, 0.15) is 0 Å². The second-order valence-corrected chi connectivity index (χ2v) is 5.25. The maximum absolute atomic E-state index is 14.0. The Morgan fingerprint density at radius 2 is 2.40 bits per heavy atom. The van der Waals surface area contributed by atoms with Gasteiger partial charge in [0.25, 0.3) is 5.91 Å². The highest BCUT2D eigenvalue weighted by atomic mass is 19.1. The molecule has 1 aliphatic heterocycles. The Bertz CT molecular complexity index is 480. The van der Waals surface area contributed by atoms with Crippen molar-refractivity contribution in [2.75, 3.05) is 39.0 Å². The molecule has 1 aliphatic rings. The fourth-order valence-electron chi connectivity index (χ4n) is 2.57. The summed E-state index contributed by atoms with van der Waals surface area (Å²) in [5.74, 6) is -0.454. The molecule has 0 saturated carbocycles. The van der Waals surface area contributed by atoms with Crippen LogP contribution < -0.4 is 10.6 Å². The van der Waals surface area contributed by atoms with Crippen molar-refractivity contribution < 1.29 is 9.18 Å². The third kappa shape index (κ3) is 3.45. The van der Waals surface area contributed by atoms with Crippen LogP contribution in [0, 0.1) is 11.7 Å². The lowest BCUT2D eigenvalue weighted by Crippen LogP contribution is -2.39. The second kappa shape index (κ2) is 6.65. The summed E-state index contributed by atoms with van der Waals surface area (Å²) in [6.07, 6.45) is 3.67. The Morgan fingerprint density at radius 1 is 1.60 bits per heavy atom. The summed E-state index contributed by atoms with van der Waals surface area (Å²) in [5.41, 5.74) is 0.0357. The molecule has 1 aromatic rings. The molecule has 110 valence electrons. The number of halogens is 1. The number of anilines is 1. The van der Waals surface area contributed by atoms with Gasteiger partial charge in [-0.3, -0.25) is 4.79 Å². The fourth-order valence-corrected chi connectivity index (χ4v) is 2.57. The molecule has 2 N–H and O–H groups in total. The van der Waals surface area contributed by atoms with E-state index in [-0.39, 0.29) is 17.3 Å². The molecule has 5 nitrogen and oxygen atoms in total.